The van der Waals surface area contributed by atoms with Crippen LogP contribution in [0.15, 0.2) is 24.3 Å². The molecular weight excluding hydrogens is 256 g/mol. The fourth-order valence-electron chi connectivity index (χ4n) is 3.33. The van der Waals surface area contributed by atoms with Crippen LogP contribution in [-0.2, 0) is 13.1 Å². The number of rotatable bonds is 7. The molecule has 1 aromatic rings. The summed E-state index contributed by atoms with van der Waals surface area (Å²) in [4.78, 5) is 2.69. The molecule has 1 fully saturated rings. The van der Waals surface area contributed by atoms with Gasteiger partial charge < -0.3 is 5.32 Å². The lowest BCUT2D eigenvalue weighted by Crippen LogP contribution is -2.33. The first-order chi connectivity index (χ1) is 10.1. The van der Waals surface area contributed by atoms with Crippen molar-refractivity contribution < 1.29 is 0 Å². The Morgan fingerprint density at radius 3 is 2.43 bits per heavy atom. The van der Waals surface area contributed by atoms with Gasteiger partial charge in [-0.15, -0.1) is 0 Å². The maximum Gasteiger partial charge on any atom is 0.0239 e. The Labute approximate surface area is 130 Å². The van der Waals surface area contributed by atoms with E-state index in [9.17, 15) is 0 Å². The zero-order valence-electron chi connectivity index (χ0n) is 14.2. The first-order valence-corrected chi connectivity index (χ1v) is 8.64. The van der Waals surface area contributed by atoms with Crippen molar-refractivity contribution in [1.29, 1.82) is 0 Å². The predicted octanol–water partition coefficient (Wildman–Crippen LogP) is 4.20. The van der Waals surface area contributed by atoms with E-state index in [1.165, 1.54) is 30.4 Å². The smallest absolute Gasteiger partial charge is 0.0239 e. The van der Waals surface area contributed by atoms with Gasteiger partial charge in [-0.2, -0.15) is 0 Å². The van der Waals surface area contributed by atoms with E-state index in [1.807, 2.05) is 0 Å². The van der Waals surface area contributed by atoms with Gasteiger partial charge in [0.1, 0.15) is 0 Å². The Hall–Kier alpha value is -0.860. The van der Waals surface area contributed by atoms with Crippen molar-refractivity contribution in [3.8, 4) is 0 Å². The summed E-state index contributed by atoms with van der Waals surface area (Å²) in [6.07, 6.45) is 4.01. The first kappa shape index (κ1) is 16.5. The Morgan fingerprint density at radius 2 is 1.81 bits per heavy atom. The molecule has 1 saturated heterocycles. The Bertz CT molecular complexity index is 410. The van der Waals surface area contributed by atoms with Crippen LogP contribution in [0.5, 0.6) is 0 Å². The van der Waals surface area contributed by atoms with E-state index in [0.29, 0.717) is 5.92 Å². The van der Waals surface area contributed by atoms with Gasteiger partial charge in [0, 0.05) is 25.2 Å². The summed E-state index contributed by atoms with van der Waals surface area (Å²) in [5.41, 5.74) is 2.84. The monoisotopic (exact) mass is 288 g/mol. The van der Waals surface area contributed by atoms with E-state index in [4.69, 9.17) is 0 Å². The van der Waals surface area contributed by atoms with Crippen molar-refractivity contribution in [2.75, 3.05) is 6.54 Å². The van der Waals surface area contributed by atoms with Crippen molar-refractivity contribution in [3.63, 3.8) is 0 Å². The number of benzene rings is 1. The summed E-state index contributed by atoms with van der Waals surface area (Å²) < 4.78 is 0. The molecule has 0 bridgehead atoms. The molecule has 21 heavy (non-hydrogen) atoms. The minimum Gasteiger partial charge on any atom is -0.312 e. The van der Waals surface area contributed by atoms with Crippen LogP contribution in [0.2, 0.25) is 0 Å². The summed E-state index contributed by atoms with van der Waals surface area (Å²) in [6.45, 7) is 12.4. The lowest BCUT2D eigenvalue weighted by molar-refractivity contribution is 0.189. The Balaban J connectivity index is 1.87. The van der Waals surface area contributed by atoms with Crippen LogP contribution >= 0.6 is 0 Å². The average molecular weight is 288 g/mol. The summed E-state index contributed by atoms with van der Waals surface area (Å²) in [6, 6.07) is 10.7. The molecule has 2 rings (SSSR count). The quantitative estimate of drug-likeness (QED) is 0.809. The molecule has 0 spiro atoms. The van der Waals surface area contributed by atoms with Crippen molar-refractivity contribution >= 4 is 0 Å². The normalized spacial score (nSPS) is 23.1. The fraction of sp³-hybridized carbons (Fsp3) is 0.684. The second kappa shape index (κ2) is 7.95. The largest absolute Gasteiger partial charge is 0.312 e. The molecule has 1 aromatic carbocycles. The highest BCUT2D eigenvalue weighted by atomic mass is 15.2. The molecule has 1 N–H and O–H groups in total. The third-order valence-electron chi connectivity index (χ3n) is 4.69. The van der Waals surface area contributed by atoms with Crippen LogP contribution in [0.4, 0.5) is 0 Å². The van der Waals surface area contributed by atoms with Crippen LogP contribution in [0.3, 0.4) is 0 Å². The average Bonchev–Trinajstić information content (AvgIpc) is 2.81. The molecule has 0 amide bonds. The highest BCUT2D eigenvalue weighted by Gasteiger charge is 2.28. The van der Waals surface area contributed by atoms with E-state index >= 15 is 0 Å². The molecule has 1 aliphatic rings. The number of hydrogen-bond acceptors (Lipinski definition) is 2. The van der Waals surface area contributed by atoms with Crippen LogP contribution in [0.25, 0.3) is 0 Å². The van der Waals surface area contributed by atoms with Gasteiger partial charge in [0.2, 0.25) is 0 Å². The molecule has 2 nitrogen and oxygen atoms in total. The minimum atomic E-state index is 0.715. The second-order valence-electron chi connectivity index (χ2n) is 7.00. The molecule has 2 atom stereocenters. The van der Waals surface area contributed by atoms with Crippen LogP contribution < -0.4 is 5.32 Å². The predicted molar refractivity (Wildman–Crippen MR) is 91.3 cm³/mol. The highest BCUT2D eigenvalue weighted by Crippen LogP contribution is 2.27. The summed E-state index contributed by atoms with van der Waals surface area (Å²) in [7, 11) is 0. The van der Waals surface area contributed by atoms with Gasteiger partial charge in [0.05, 0.1) is 0 Å². The van der Waals surface area contributed by atoms with E-state index in [-0.39, 0.29) is 0 Å². The fourth-order valence-corrected chi connectivity index (χ4v) is 3.33. The molecule has 0 saturated carbocycles. The van der Waals surface area contributed by atoms with Crippen molar-refractivity contribution in [2.45, 2.75) is 72.1 Å². The zero-order valence-corrected chi connectivity index (χ0v) is 14.2. The van der Waals surface area contributed by atoms with Crippen LogP contribution in [-0.4, -0.2) is 23.5 Å². The second-order valence-corrected chi connectivity index (χ2v) is 7.00. The first-order valence-electron chi connectivity index (χ1n) is 8.64. The SMILES string of the molecule is CCC1CCC(C)N1Cc1ccc(CNCC(C)C)cc1. The van der Waals surface area contributed by atoms with Gasteiger partial charge in [-0.25, -0.2) is 0 Å². The van der Waals surface area contributed by atoms with Crippen LogP contribution in [0.1, 0.15) is 58.1 Å². The zero-order chi connectivity index (χ0) is 15.2. The molecule has 1 aliphatic heterocycles. The Morgan fingerprint density at radius 1 is 1.14 bits per heavy atom. The molecule has 2 unspecified atom stereocenters. The molecule has 0 aliphatic carbocycles. The topological polar surface area (TPSA) is 15.3 Å². The van der Waals surface area contributed by atoms with Gasteiger partial charge in [0.15, 0.2) is 0 Å². The number of nitrogens with one attached hydrogen (secondary N) is 1. The maximum atomic E-state index is 3.51. The third kappa shape index (κ3) is 4.82. The van der Waals surface area contributed by atoms with Crippen molar-refractivity contribution in [1.82, 2.24) is 10.2 Å². The van der Waals surface area contributed by atoms with Gasteiger partial charge in [-0.1, -0.05) is 45.0 Å². The third-order valence-corrected chi connectivity index (χ3v) is 4.69. The van der Waals surface area contributed by atoms with E-state index < -0.39 is 0 Å². The van der Waals surface area contributed by atoms with Crippen molar-refractivity contribution in [3.05, 3.63) is 35.4 Å². The lowest BCUT2D eigenvalue weighted by atomic mass is 10.1. The van der Waals surface area contributed by atoms with E-state index in [1.54, 1.807) is 0 Å². The highest BCUT2D eigenvalue weighted by molar-refractivity contribution is 5.22. The number of hydrogen-bond donors (Lipinski definition) is 1. The Kier molecular flexibility index (Phi) is 6.25. The molecule has 2 heteroatoms. The van der Waals surface area contributed by atoms with Gasteiger partial charge >= 0.3 is 0 Å². The summed E-state index contributed by atoms with van der Waals surface area (Å²) in [5, 5.41) is 3.51. The molecule has 118 valence electrons. The van der Waals surface area contributed by atoms with Gasteiger partial charge in [-0.05, 0) is 49.8 Å². The summed E-state index contributed by atoms with van der Waals surface area (Å²) >= 11 is 0. The van der Waals surface area contributed by atoms with Crippen molar-refractivity contribution in [2.24, 2.45) is 5.92 Å². The van der Waals surface area contributed by atoms with Gasteiger partial charge in [-0.3, -0.25) is 4.90 Å². The number of likely N-dealkylation sites (tertiary alicyclic amines) is 1. The lowest BCUT2D eigenvalue weighted by Gasteiger charge is -2.27. The number of nitrogens with zero attached hydrogens (tertiary/aromatic N) is 1. The molecule has 0 radical (unpaired) electrons. The standard InChI is InChI=1S/C19H32N2/c1-5-19-11-6-16(4)21(19)14-18-9-7-17(8-10-18)13-20-12-15(2)3/h7-10,15-16,19-20H,5-6,11-14H2,1-4H3. The minimum absolute atomic E-state index is 0.715. The van der Waals surface area contributed by atoms with Gasteiger partial charge in [0.25, 0.3) is 0 Å². The molecule has 0 aromatic heterocycles. The molecular formula is C19H32N2. The molecule has 1 heterocycles. The van der Waals surface area contributed by atoms with E-state index in [2.05, 4.69) is 62.2 Å². The maximum absolute atomic E-state index is 3.51. The van der Waals surface area contributed by atoms with Crippen LogP contribution in [0, 0.1) is 5.92 Å². The van der Waals surface area contributed by atoms with E-state index in [0.717, 1.165) is 31.7 Å². The summed E-state index contributed by atoms with van der Waals surface area (Å²) in [5.74, 6) is 0.715.